The highest BCUT2D eigenvalue weighted by Gasteiger charge is 2.23. The van der Waals surface area contributed by atoms with E-state index in [1.54, 1.807) is 0 Å². The molecule has 0 saturated carbocycles. The average Bonchev–Trinajstić information content (AvgIpc) is 3.53. The molecule has 0 aliphatic rings. The van der Waals surface area contributed by atoms with E-state index in [-0.39, 0.29) is 0 Å². The summed E-state index contributed by atoms with van der Waals surface area (Å²) in [7, 11) is 0. The zero-order valence-corrected chi connectivity index (χ0v) is 23.1. The van der Waals surface area contributed by atoms with E-state index in [4.69, 9.17) is 4.42 Å². The molecule has 8 rings (SSSR count). The molecule has 0 spiro atoms. The fraction of sp³-hybridized carbons (Fsp3) is 0. The molecule has 0 aliphatic heterocycles. The number of hydrogen-bond donors (Lipinski definition) is 0. The van der Waals surface area contributed by atoms with Crippen LogP contribution in [-0.4, -0.2) is 4.57 Å². The van der Waals surface area contributed by atoms with E-state index in [0.717, 1.165) is 16.6 Å². The summed E-state index contributed by atoms with van der Waals surface area (Å²) in [4.78, 5) is 0. The van der Waals surface area contributed by atoms with Gasteiger partial charge in [0.05, 0.1) is 16.7 Å². The molecular weight excluding hydrogens is 589 g/mol. The SMILES string of the molecule is Ic1cc(-c2ccccc2)c(-n2c3ccccc3c3c4c(ccc32)oc2ccccc24)c(-c2ccccc2)c1. The molecule has 2 aromatic heterocycles. The number of fused-ring (bicyclic) bond motifs is 7. The molecule has 8 aromatic rings. The molecule has 0 atom stereocenters. The van der Waals surface area contributed by atoms with Crippen molar-refractivity contribution in [2.45, 2.75) is 0 Å². The summed E-state index contributed by atoms with van der Waals surface area (Å²) >= 11 is 2.45. The minimum atomic E-state index is 0.917. The van der Waals surface area contributed by atoms with Gasteiger partial charge >= 0.3 is 0 Å². The van der Waals surface area contributed by atoms with E-state index in [2.05, 4.69) is 155 Å². The van der Waals surface area contributed by atoms with Crippen molar-refractivity contribution in [1.29, 1.82) is 0 Å². The normalized spacial score (nSPS) is 11.7. The first kappa shape index (κ1) is 22.6. The Kier molecular flexibility index (Phi) is 5.13. The van der Waals surface area contributed by atoms with Gasteiger partial charge in [0, 0.05) is 36.2 Å². The van der Waals surface area contributed by atoms with E-state index in [9.17, 15) is 0 Å². The summed E-state index contributed by atoms with van der Waals surface area (Å²) in [5, 5.41) is 4.77. The quantitative estimate of drug-likeness (QED) is 0.182. The van der Waals surface area contributed by atoms with Gasteiger partial charge in [0.15, 0.2) is 0 Å². The van der Waals surface area contributed by atoms with E-state index in [1.165, 1.54) is 58.7 Å². The van der Waals surface area contributed by atoms with Gasteiger partial charge in [-0.1, -0.05) is 97.1 Å². The molecule has 2 nitrogen and oxygen atoms in total. The Bertz CT molecular complexity index is 2110. The van der Waals surface area contributed by atoms with Crippen molar-refractivity contribution in [1.82, 2.24) is 4.57 Å². The van der Waals surface area contributed by atoms with Gasteiger partial charge in [0.25, 0.3) is 0 Å². The van der Waals surface area contributed by atoms with Gasteiger partial charge in [-0.15, -0.1) is 0 Å². The van der Waals surface area contributed by atoms with Crippen molar-refractivity contribution in [2.24, 2.45) is 0 Å². The van der Waals surface area contributed by atoms with E-state index in [0.29, 0.717) is 0 Å². The molecule has 0 fully saturated rings. The Labute approximate surface area is 239 Å². The van der Waals surface area contributed by atoms with Gasteiger partial charge in [0.2, 0.25) is 0 Å². The second-order valence-electron chi connectivity index (χ2n) is 9.87. The Hall–Kier alpha value is -4.35. The summed E-state index contributed by atoms with van der Waals surface area (Å²) in [6, 6.07) is 47.6. The van der Waals surface area contributed by atoms with Gasteiger partial charge in [-0.05, 0) is 70.1 Å². The van der Waals surface area contributed by atoms with Gasteiger partial charge in [0.1, 0.15) is 11.2 Å². The lowest BCUT2D eigenvalue weighted by Gasteiger charge is -2.20. The van der Waals surface area contributed by atoms with Crippen LogP contribution in [0.1, 0.15) is 0 Å². The Morgan fingerprint density at radius 2 is 1.08 bits per heavy atom. The van der Waals surface area contributed by atoms with Crippen molar-refractivity contribution in [3.8, 4) is 27.9 Å². The van der Waals surface area contributed by atoms with Crippen LogP contribution in [0, 0.1) is 3.57 Å². The molecule has 2 heterocycles. The molecule has 0 radical (unpaired) electrons. The monoisotopic (exact) mass is 611 g/mol. The third-order valence-electron chi connectivity index (χ3n) is 7.64. The highest BCUT2D eigenvalue weighted by molar-refractivity contribution is 14.1. The average molecular weight is 611 g/mol. The number of para-hydroxylation sites is 2. The minimum Gasteiger partial charge on any atom is -0.456 e. The number of halogens is 1. The zero-order valence-electron chi connectivity index (χ0n) is 20.9. The third kappa shape index (κ3) is 3.46. The van der Waals surface area contributed by atoms with E-state index >= 15 is 0 Å². The van der Waals surface area contributed by atoms with Crippen molar-refractivity contribution in [3.63, 3.8) is 0 Å². The molecule has 0 bridgehead atoms. The lowest BCUT2D eigenvalue weighted by Crippen LogP contribution is -2.01. The van der Waals surface area contributed by atoms with Crippen molar-refractivity contribution in [2.75, 3.05) is 0 Å². The van der Waals surface area contributed by atoms with Gasteiger partial charge in [-0.3, -0.25) is 0 Å². The summed E-state index contributed by atoms with van der Waals surface area (Å²) in [5.74, 6) is 0. The van der Waals surface area contributed by atoms with Crippen LogP contribution in [0.4, 0.5) is 0 Å². The van der Waals surface area contributed by atoms with Crippen LogP contribution in [-0.2, 0) is 0 Å². The maximum Gasteiger partial charge on any atom is 0.136 e. The smallest absolute Gasteiger partial charge is 0.136 e. The molecule has 184 valence electrons. The summed E-state index contributed by atoms with van der Waals surface area (Å²) in [5.41, 5.74) is 10.2. The first-order valence-corrected chi connectivity index (χ1v) is 14.1. The highest BCUT2D eigenvalue weighted by atomic mass is 127. The first-order chi connectivity index (χ1) is 19.3. The number of hydrogen-bond acceptors (Lipinski definition) is 1. The number of benzene rings is 6. The molecule has 0 saturated heterocycles. The predicted octanol–water partition coefficient (Wildman–Crippen LogP) is 10.6. The van der Waals surface area contributed by atoms with Crippen molar-refractivity contribution < 1.29 is 4.42 Å². The maximum atomic E-state index is 6.32. The summed E-state index contributed by atoms with van der Waals surface area (Å²) < 4.78 is 9.99. The molecule has 39 heavy (non-hydrogen) atoms. The number of nitrogens with zero attached hydrogens (tertiary/aromatic N) is 1. The molecule has 6 aromatic carbocycles. The van der Waals surface area contributed by atoms with Crippen LogP contribution in [0.15, 0.2) is 138 Å². The number of aromatic nitrogens is 1. The lowest BCUT2D eigenvalue weighted by molar-refractivity contribution is 0.669. The molecule has 3 heteroatoms. The molecule has 0 amide bonds. The third-order valence-corrected chi connectivity index (χ3v) is 8.27. The largest absolute Gasteiger partial charge is 0.456 e. The zero-order chi connectivity index (χ0) is 25.9. The Balaban J connectivity index is 1.61. The van der Waals surface area contributed by atoms with Gasteiger partial charge in [-0.2, -0.15) is 0 Å². The molecule has 0 unspecified atom stereocenters. The fourth-order valence-electron chi connectivity index (χ4n) is 6.03. The second kappa shape index (κ2) is 8.85. The highest BCUT2D eigenvalue weighted by Crippen LogP contribution is 2.45. The van der Waals surface area contributed by atoms with Crippen LogP contribution in [0.5, 0.6) is 0 Å². The van der Waals surface area contributed by atoms with Crippen molar-refractivity contribution >= 4 is 66.3 Å². The van der Waals surface area contributed by atoms with E-state index in [1.807, 2.05) is 6.07 Å². The number of furan rings is 1. The fourth-order valence-corrected chi connectivity index (χ4v) is 6.65. The van der Waals surface area contributed by atoms with Crippen LogP contribution in [0.3, 0.4) is 0 Å². The van der Waals surface area contributed by atoms with Crippen LogP contribution in [0.2, 0.25) is 0 Å². The van der Waals surface area contributed by atoms with Crippen LogP contribution >= 0.6 is 22.6 Å². The van der Waals surface area contributed by atoms with Crippen LogP contribution in [0.25, 0.3) is 71.7 Å². The van der Waals surface area contributed by atoms with E-state index < -0.39 is 0 Å². The standard InChI is InChI=1S/C36H22INO/c37-25-21-28(23-11-3-1-4-12-23)36(29(22-25)24-13-5-2-6-14-24)38-30-17-9-7-15-26(30)34-31(38)19-20-33-35(34)27-16-8-10-18-32(27)39-33/h1-22H. The predicted molar refractivity (Wildman–Crippen MR) is 172 cm³/mol. The van der Waals surface area contributed by atoms with Gasteiger partial charge < -0.3 is 8.98 Å². The molecule has 0 aliphatic carbocycles. The molecule has 0 N–H and O–H groups in total. The van der Waals surface area contributed by atoms with Crippen LogP contribution < -0.4 is 0 Å². The number of rotatable bonds is 3. The summed E-state index contributed by atoms with van der Waals surface area (Å²) in [6.45, 7) is 0. The minimum absolute atomic E-state index is 0.917. The van der Waals surface area contributed by atoms with Gasteiger partial charge in [-0.25, -0.2) is 0 Å². The second-order valence-corrected chi connectivity index (χ2v) is 11.1. The Morgan fingerprint density at radius 1 is 0.487 bits per heavy atom. The summed E-state index contributed by atoms with van der Waals surface area (Å²) in [6.07, 6.45) is 0. The first-order valence-electron chi connectivity index (χ1n) is 13.1. The Morgan fingerprint density at radius 3 is 1.77 bits per heavy atom. The maximum absolute atomic E-state index is 6.32. The molecular formula is C36H22INO. The lowest BCUT2D eigenvalue weighted by atomic mass is 9.95. The van der Waals surface area contributed by atoms with Crippen molar-refractivity contribution in [3.05, 3.63) is 137 Å². The topological polar surface area (TPSA) is 18.1 Å².